The predicted octanol–water partition coefficient (Wildman–Crippen LogP) is 1.82. The van der Waals surface area contributed by atoms with E-state index >= 15 is 0 Å². The van der Waals surface area contributed by atoms with E-state index in [1.54, 1.807) is 47.6 Å². The molecule has 1 saturated heterocycles. The average Bonchev–Trinajstić information content (AvgIpc) is 2.82. The number of allylic oxidation sites excluding steroid dienone is 2. The second kappa shape index (κ2) is 13.9. The first kappa shape index (κ1) is 30.8. The van der Waals surface area contributed by atoms with Crippen LogP contribution >= 0.6 is 21.6 Å². The zero-order valence-corrected chi connectivity index (χ0v) is 23.8. The summed E-state index contributed by atoms with van der Waals surface area (Å²) in [5, 5.41) is 10.8. The van der Waals surface area contributed by atoms with Crippen molar-refractivity contribution in [1.29, 1.82) is 0 Å². The highest BCUT2D eigenvalue weighted by molar-refractivity contribution is 8.76. The molecule has 4 atom stereocenters. The van der Waals surface area contributed by atoms with Gasteiger partial charge in [0, 0.05) is 11.5 Å². The van der Waals surface area contributed by atoms with Gasteiger partial charge in [0.15, 0.2) is 0 Å². The molecular weight excluding hydrogens is 516 g/mol. The van der Waals surface area contributed by atoms with Gasteiger partial charge in [0.05, 0.1) is 6.42 Å². The van der Waals surface area contributed by atoms with Gasteiger partial charge in [-0.3, -0.25) is 19.2 Å². The molecule has 2 aliphatic rings. The van der Waals surface area contributed by atoms with Gasteiger partial charge in [-0.1, -0.05) is 61.4 Å². The summed E-state index contributed by atoms with van der Waals surface area (Å²) in [6, 6.07) is -1.88. The summed E-state index contributed by atoms with van der Waals surface area (Å²) in [6.45, 7) is 10.2. The Bertz CT molecular complexity index is 951. The highest BCUT2D eigenvalue weighted by Crippen LogP contribution is 2.25. The van der Waals surface area contributed by atoms with Crippen LogP contribution in [0.2, 0.25) is 0 Å². The number of hydrogen-bond acceptors (Lipinski definition) is 8. The van der Waals surface area contributed by atoms with E-state index in [4.69, 9.17) is 4.74 Å². The monoisotopic (exact) mass is 554 g/mol. The summed E-state index contributed by atoms with van der Waals surface area (Å²) in [5.74, 6) is -2.65. The lowest BCUT2D eigenvalue weighted by Gasteiger charge is -2.34. The van der Waals surface area contributed by atoms with Crippen LogP contribution in [0.25, 0.3) is 0 Å². The normalized spacial score (nSPS) is 31.2. The summed E-state index contributed by atoms with van der Waals surface area (Å²) < 4.78 is 5.75. The Morgan fingerprint density at radius 3 is 2.38 bits per heavy atom. The van der Waals surface area contributed by atoms with Crippen LogP contribution in [-0.2, 0) is 28.7 Å². The maximum Gasteiger partial charge on any atom is 0.332 e. The maximum absolute atomic E-state index is 13.4. The van der Waals surface area contributed by atoms with Crippen LogP contribution < -0.4 is 21.3 Å². The summed E-state index contributed by atoms with van der Waals surface area (Å²) in [7, 11) is 2.95. The van der Waals surface area contributed by atoms with Gasteiger partial charge in [-0.2, -0.15) is 0 Å². The third-order valence-corrected chi connectivity index (χ3v) is 8.77. The smallest absolute Gasteiger partial charge is 0.332 e. The Morgan fingerprint density at radius 2 is 1.76 bits per heavy atom. The highest BCUT2D eigenvalue weighted by Gasteiger charge is 2.42. The molecule has 2 bridgehead atoms. The fourth-order valence-electron chi connectivity index (χ4n) is 3.56. The van der Waals surface area contributed by atoms with Crippen molar-refractivity contribution in [3.05, 3.63) is 23.9 Å². The van der Waals surface area contributed by atoms with Crippen LogP contribution in [0.1, 0.15) is 54.4 Å². The maximum atomic E-state index is 13.4. The molecule has 0 saturated carbocycles. The third kappa shape index (κ3) is 8.53. The number of hydrogen-bond donors (Lipinski definition) is 4. The quantitative estimate of drug-likeness (QED) is 0.175. The lowest BCUT2D eigenvalue weighted by atomic mass is 9.88. The van der Waals surface area contributed by atoms with Crippen molar-refractivity contribution in [2.24, 2.45) is 11.8 Å². The van der Waals surface area contributed by atoms with E-state index in [-0.39, 0.29) is 29.7 Å². The van der Waals surface area contributed by atoms with Crippen LogP contribution in [0.15, 0.2) is 23.9 Å². The van der Waals surface area contributed by atoms with E-state index in [0.29, 0.717) is 12.2 Å². The number of amides is 4. The van der Waals surface area contributed by atoms with E-state index < -0.39 is 53.3 Å². The van der Waals surface area contributed by atoms with Crippen molar-refractivity contribution in [1.82, 2.24) is 21.3 Å². The Labute approximate surface area is 226 Å². The molecule has 2 aliphatic heterocycles. The van der Waals surface area contributed by atoms with Crippen molar-refractivity contribution in [3.8, 4) is 0 Å². The van der Waals surface area contributed by atoms with Crippen LogP contribution in [0.4, 0.5) is 0 Å². The summed E-state index contributed by atoms with van der Waals surface area (Å²) in [4.78, 5) is 65.9. The van der Waals surface area contributed by atoms with Crippen LogP contribution in [0, 0.1) is 11.8 Å². The molecule has 0 aromatic carbocycles. The zero-order valence-electron chi connectivity index (χ0n) is 22.2. The fraction of sp³-hybridized carbons (Fsp3) is 0.640. The molecule has 0 aliphatic carbocycles. The first-order chi connectivity index (χ1) is 17.4. The molecule has 0 aromatic rings. The van der Waals surface area contributed by atoms with Crippen molar-refractivity contribution in [3.63, 3.8) is 0 Å². The molecule has 4 N–H and O–H groups in total. The van der Waals surface area contributed by atoms with Gasteiger partial charge in [-0.05, 0) is 38.2 Å². The third-order valence-electron chi connectivity index (χ3n) is 6.32. The molecule has 0 spiro atoms. The van der Waals surface area contributed by atoms with Gasteiger partial charge in [-0.25, -0.2) is 4.79 Å². The Hall–Kier alpha value is -2.47. The van der Waals surface area contributed by atoms with Gasteiger partial charge in [-0.15, -0.1) is 0 Å². The molecule has 2 rings (SSSR count). The number of fused-ring (bicyclic) bond motifs is 7. The lowest BCUT2D eigenvalue weighted by molar-refractivity contribution is -0.159. The summed E-state index contributed by atoms with van der Waals surface area (Å²) >= 11 is 0. The number of carbonyl (C=O) groups excluding carboxylic acids is 5. The van der Waals surface area contributed by atoms with Crippen molar-refractivity contribution in [2.45, 2.75) is 78.1 Å². The first-order valence-corrected chi connectivity index (χ1v) is 14.9. The molecule has 12 heteroatoms. The molecular formula is C25H38N4O6S2. The van der Waals surface area contributed by atoms with Gasteiger partial charge in [0.1, 0.15) is 29.4 Å². The van der Waals surface area contributed by atoms with Crippen LogP contribution in [-0.4, -0.2) is 64.8 Å². The molecule has 37 heavy (non-hydrogen) atoms. The van der Waals surface area contributed by atoms with Crippen molar-refractivity contribution >= 4 is 51.2 Å². The van der Waals surface area contributed by atoms with Gasteiger partial charge < -0.3 is 26.0 Å². The van der Waals surface area contributed by atoms with E-state index in [0.717, 1.165) is 0 Å². The second-order valence-corrected chi connectivity index (χ2v) is 12.5. The molecule has 0 radical (unpaired) electrons. The minimum absolute atomic E-state index is 0.0526. The van der Waals surface area contributed by atoms with Crippen molar-refractivity contribution in [2.75, 3.05) is 11.5 Å². The Kier molecular flexibility index (Phi) is 11.5. The lowest BCUT2D eigenvalue weighted by Crippen LogP contribution is -2.60. The summed E-state index contributed by atoms with van der Waals surface area (Å²) in [5.41, 5.74) is -1.49. The molecule has 2 heterocycles. The van der Waals surface area contributed by atoms with Gasteiger partial charge >= 0.3 is 5.97 Å². The van der Waals surface area contributed by atoms with E-state index in [9.17, 15) is 24.0 Å². The van der Waals surface area contributed by atoms with E-state index in [1.807, 2.05) is 6.08 Å². The largest absolute Gasteiger partial charge is 0.456 e. The van der Waals surface area contributed by atoms with E-state index in [2.05, 4.69) is 21.3 Å². The predicted molar refractivity (Wildman–Crippen MR) is 145 cm³/mol. The number of esters is 1. The van der Waals surface area contributed by atoms with Gasteiger partial charge in [0.2, 0.25) is 17.7 Å². The molecule has 4 amide bonds. The second-order valence-electron chi connectivity index (χ2n) is 9.82. The molecule has 206 valence electrons. The minimum Gasteiger partial charge on any atom is -0.456 e. The topological polar surface area (TPSA) is 143 Å². The first-order valence-electron chi connectivity index (χ1n) is 12.4. The average molecular weight is 555 g/mol. The van der Waals surface area contributed by atoms with Gasteiger partial charge in [0.25, 0.3) is 5.91 Å². The van der Waals surface area contributed by atoms with Crippen LogP contribution in [0.3, 0.4) is 0 Å². The fourth-order valence-corrected chi connectivity index (χ4v) is 5.71. The molecule has 2 unspecified atom stereocenters. The highest BCUT2D eigenvalue weighted by atomic mass is 33.1. The van der Waals surface area contributed by atoms with Crippen LogP contribution in [0.5, 0.6) is 0 Å². The number of rotatable bonds is 2. The summed E-state index contributed by atoms with van der Waals surface area (Å²) in [6.07, 6.45) is 4.48. The zero-order chi connectivity index (χ0) is 27.8. The number of ether oxygens (including phenoxy) is 1. The molecule has 1 fully saturated rings. The Balaban J connectivity index is 2.61. The SMILES string of the molecule is C/C=C1\NC(=O)C2CSSCC/C=C/C(CC(=O)N[C@H](C(C)C)C(=O)N2)OC(=O)[C@@](C)(C(C)C)NC1=O. The standard InChI is InChI=1S/C25H38N4O6S2/c1-7-17-22(32)29-25(6,15(4)5)24(34)35-16-10-8-9-11-36-37-13-18(21(31)26-17)27-23(33)20(14(2)3)28-19(30)12-16/h7-8,10,14-16,18,20H,9,11-13H2,1-6H3,(H,26,31)(H,27,33)(H,28,30)(H,29,32)/b10-8+,17-7-/t16?,18?,20-,25-/m1/s1. The number of nitrogens with one attached hydrogen (secondary N) is 4. The molecule has 10 nitrogen and oxygen atoms in total. The van der Waals surface area contributed by atoms with Crippen molar-refractivity contribution < 1.29 is 28.7 Å². The van der Waals surface area contributed by atoms with E-state index in [1.165, 1.54) is 27.7 Å². The molecule has 0 aromatic heterocycles. The minimum atomic E-state index is -1.44. The Morgan fingerprint density at radius 1 is 1.05 bits per heavy atom. The number of carbonyl (C=O) groups is 5.